The molecule has 0 spiro atoms. The molecule has 0 saturated heterocycles. The van der Waals surface area contributed by atoms with Crippen molar-refractivity contribution in [3.63, 3.8) is 0 Å². The van der Waals surface area contributed by atoms with Crippen LogP contribution in [0.15, 0.2) is 12.1 Å². The minimum atomic E-state index is -0.251. The quantitative estimate of drug-likeness (QED) is 0.591. The van der Waals surface area contributed by atoms with E-state index in [1.54, 1.807) is 0 Å². The fourth-order valence-corrected chi connectivity index (χ4v) is 0.751. The summed E-state index contributed by atoms with van der Waals surface area (Å²) in [6.45, 7) is 1.33. The molecule has 0 saturated carbocycles. The fraction of sp³-hybridized carbons (Fsp3) is 0.125. The molecule has 0 fully saturated rings. The molecule has 2 N–H and O–H groups in total. The normalized spacial score (nSPS) is 9.55. The van der Waals surface area contributed by atoms with Gasteiger partial charge in [0.25, 0.3) is 0 Å². The molecule has 0 amide bonds. The van der Waals surface area contributed by atoms with Gasteiger partial charge in [0, 0.05) is 12.1 Å². The molecule has 0 atom stereocenters. The maximum absolute atomic E-state index is 10.7. The molecule has 1 rings (SSSR count). The fourth-order valence-electron chi connectivity index (χ4n) is 0.751. The Morgan fingerprint density at radius 1 is 1.55 bits per heavy atom. The number of carbonyl (C=O) groups is 1. The zero-order chi connectivity index (χ0) is 8.43. The monoisotopic (exact) mass is 151 g/mol. The van der Waals surface area contributed by atoms with Crippen molar-refractivity contribution >= 4 is 5.78 Å². The van der Waals surface area contributed by atoms with Crippen LogP contribution in [0.4, 0.5) is 0 Å². The molecule has 0 unspecified atom stereocenters. The van der Waals surface area contributed by atoms with E-state index in [4.69, 9.17) is 10.2 Å². The maximum Gasteiger partial charge on any atom is 0.163 e. The summed E-state index contributed by atoms with van der Waals surface area (Å²) in [6.07, 6.45) is 0. The molecule has 3 heteroatoms. The number of phenols is 2. The van der Waals surface area contributed by atoms with Crippen molar-refractivity contribution in [1.29, 1.82) is 0 Å². The lowest BCUT2D eigenvalue weighted by Crippen LogP contribution is -1.91. The van der Waals surface area contributed by atoms with Gasteiger partial charge in [-0.05, 0) is 13.0 Å². The summed E-state index contributed by atoms with van der Waals surface area (Å²) in [5.41, 5.74) is 0.169. The first kappa shape index (κ1) is 7.60. The van der Waals surface area contributed by atoms with Crippen molar-refractivity contribution in [2.75, 3.05) is 0 Å². The summed E-state index contributed by atoms with van der Waals surface area (Å²) in [5.74, 6) is -0.639. The van der Waals surface area contributed by atoms with Crippen molar-refractivity contribution in [3.05, 3.63) is 23.8 Å². The molecule has 11 heavy (non-hydrogen) atoms. The summed E-state index contributed by atoms with van der Waals surface area (Å²) in [7, 11) is 0. The third-order valence-corrected chi connectivity index (χ3v) is 1.29. The first-order valence-corrected chi connectivity index (χ1v) is 3.06. The smallest absolute Gasteiger partial charge is 0.163 e. The first-order valence-electron chi connectivity index (χ1n) is 3.06. The Morgan fingerprint density at radius 3 is 2.64 bits per heavy atom. The zero-order valence-corrected chi connectivity index (χ0v) is 5.96. The lowest BCUT2D eigenvalue weighted by molar-refractivity contribution is 0.101. The lowest BCUT2D eigenvalue weighted by Gasteiger charge is -1.98. The Kier molecular flexibility index (Phi) is 1.81. The maximum atomic E-state index is 10.7. The highest BCUT2D eigenvalue weighted by molar-refractivity contribution is 5.96. The predicted molar refractivity (Wildman–Crippen MR) is 38.6 cm³/mol. The Bertz CT molecular complexity index is 291. The van der Waals surface area contributed by atoms with Crippen LogP contribution >= 0.6 is 0 Å². The molecule has 3 nitrogen and oxygen atoms in total. The molecule has 0 aliphatic heterocycles. The van der Waals surface area contributed by atoms with Gasteiger partial charge in [0.05, 0.1) is 5.56 Å². The molecule has 1 radical (unpaired) electrons. The van der Waals surface area contributed by atoms with Crippen molar-refractivity contribution in [3.8, 4) is 11.5 Å². The molecular weight excluding hydrogens is 144 g/mol. The Morgan fingerprint density at radius 2 is 2.18 bits per heavy atom. The number of rotatable bonds is 1. The van der Waals surface area contributed by atoms with Gasteiger partial charge in [0.1, 0.15) is 11.5 Å². The zero-order valence-electron chi connectivity index (χ0n) is 5.96. The highest BCUT2D eigenvalue weighted by Gasteiger charge is 2.05. The molecule has 0 aliphatic rings. The number of carbonyl (C=O) groups excluding carboxylic acids is 1. The van der Waals surface area contributed by atoms with Gasteiger partial charge >= 0.3 is 0 Å². The van der Waals surface area contributed by atoms with Gasteiger partial charge in [0.15, 0.2) is 5.78 Å². The van der Waals surface area contributed by atoms with Crippen LogP contribution in [0, 0.1) is 6.07 Å². The van der Waals surface area contributed by atoms with Gasteiger partial charge in [-0.15, -0.1) is 0 Å². The van der Waals surface area contributed by atoms with E-state index >= 15 is 0 Å². The second-order valence-electron chi connectivity index (χ2n) is 2.17. The summed E-state index contributed by atoms with van der Waals surface area (Å²) in [5, 5.41) is 17.9. The SMILES string of the molecule is CC(=O)c1c[c]c(O)cc1O. The average molecular weight is 151 g/mol. The van der Waals surface area contributed by atoms with Crippen LogP contribution in [-0.2, 0) is 0 Å². The number of phenolic OH excluding ortho intramolecular Hbond substituents is 2. The van der Waals surface area contributed by atoms with Crippen molar-refractivity contribution < 1.29 is 15.0 Å². The van der Waals surface area contributed by atoms with Crippen LogP contribution in [0.25, 0.3) is 0 Å². The molecule has 0 aromatic heterocycles. The molecule has 57 valence electrons. The van der Waals surface area contributed by atoms with Gasteiger partial charge in [-0.2, -0.15) is 0 Å². The summed E-state index contributed by atoms with van der Waals surface area (Å²) < 4.78 is 0. The van der Waals surface area contributed by atoms with E-state index in [-0.39, 0.29) is 22.8 Å². The Balaban J connectivity index is 3.20. The standard InChI is InChI=1S/C8H7O3/c1-5(9)7-3-2-6(10)4-8(7)11/h3-4,10-11H,1H3. The van der Waals surface area contributed by atoms with E-state index in [1.807, 2.05) is 0 Å². The second kappa shape index (κ2) is 2.62. The summed E-state index contributed by atoms with van der Waals surface area (Å²) in [4.78, 5) is 10.7. The van der Waals surface area contributed by atoms with Crippen molar-refractivity contribution in [2.45, 2.75) is 6.92 Å². The molecule has 1 aromatic rings. The summed E-state index contributed by atoms with van der Waals surface area (Å²) in [6, 6.07) is 4.73. The second-order valence-corrected chi connectivity index (χ2v) is 2.17. The number of hydrogen-bond acceptors (Lipinski definition) is 3. The number of aromatic hydroxyl groups is 2. The van der Waals surface area contributed by atoms with E-state index in [2.05, 4.69) is 6.07 Å². The topological polar surface area (TPSA) is 57.5 Å². The number of benzene rings is 1. The van der Waals surface area contributed by atoms with E-state index in [9.17, 15) is 4.79 Å². The van der Waals surface area contributed by atoms with Crippen LogP contribution in [0.5, 0.6) is 11.5 Å². The van der Waals surface area contributed by atoms with E-state index in [0.717, 1.165) is 6.07 Å². The molecule has 0 bridgehead atoms. The van der Waals surface area contributed by atoms with Gasteiger partial charge in [-0.25, -0.2) is 0 Å². The highest BCUT2D eigenvalue weighted by atomic mass is 16.3. The minimum Gasteiger partial charge on any atom is -0.507 e. The van der Waals surface area contributed by atoms with Crippen LogP contribution < -0.4 is 0 Å². The predicted octanol–water partition coefficient (Wildman–Crippen LogP) is 1.10. The molecule has 0 aliphatic carbocycles. The van der Waals surface area contributed by atoms with E-state index < -0.39 is 0 Å². The van der Waals surface area contributed by atoms with Crippen LogP contribution in [0.1, 0.15) is 17.3 Å². The minimum absolute atomic E-state index is 0.169. The van der Waals surface area contributed by atoms with Crippen molar-refractivity contribution in [2.24, 2.45) is 0 Å². The van der Waals surface area contributed by atoms with Crippen LogP contribution in [0.3, 0.4) is 0 Å². The van der Waals surface area contributed by atoms with Gasteiger partial charge in [-0.3, -0.25) is 4.79 Å². The van der Waals surface area contributed by atoms with Gasteiger partial charge in [0.2, 0.25) is 0 Å². The number of hydrogen-bond donors (Lipinski definition) is 2. The largest absolute Gasteiger partial charge is 0.507 e. The summed E-state index contributed by atoms with van der Waals surface area (Å²) >= 11 is 0. The van der Waals surface area contributed by atoms with Crippen LogP contribution in [-0.4, -0.2) is 16.0 Å². The third-order valence-electron chi connectivity index (χ3n) is 1.29. The van der Waals surface area contributed by atoms with Crippen molar-refractivity contribution in [1.82, 2.24) is 0 Å². The highest BCUT2D eigenvalue weighted by Crippen LogP contribution is 2.21. The Hall–Kier alpha value is -1.51. The van der Waals surface area contributed by atoms with Crippen LogP contribution in [0.2, 0.25) is 0 Å². The number of Topliss-reactive ketones (excluding diaryl/α,β-unsaturated/α-hetero) is 1. The number of ketones is 1. The average Bonchev–Trinajstić information content (AvgIpc) is 1.85. The Labute approximate surface area is 63.9 Å². The molecular formula is C8H7O3. The van der Waals surface area contributed by atoms with E-state index in [0.29, 0.717) is 0 Å². The van der Waals surface area contributed by atoms with Gasteiger partial charge in [-0.1, -0.05) is 0 Å². The van der Waals surface area contributed by atoms with E-state index in [1.165, 1.54) is 13.0 Å². The third kappa shape index (κ3) is 1.49. The lowest BCUT2D eigenvalue weighted by atomic mass is 10.1. The first-order chi connectivity index (χ1) is 5.11. The molecule has 0 heterocycles. The molecule has 1 aromatic carbocycles. The van der Waals surface area contributed by atoms with Gasteiger partial charge < -0.3 is 10.2 Å².